The highest BCUT2D eigenvalue weighted by molar-refractivity contribution is 5.96. The number of carbonyl (C=O) groups excluding carboxylic acids is 2. The van der Waals surface area contributed by atoms with Crippen molar-refractivity contribution in [3.05, 3.63) is 53.0 Å². The molecule has 1 aromatic carbocycles. The summed E-state index contributed by atoms with van der Waals surface area (Å²) in [6.45, 7) is 5.08. The first-order valence-electron chi connectivity index (χ1n) is 10.1. The maximum Gasteiger partial charge on any atom is 0.303 e. The Bertz CT molecular complexity index is 905. The molecule has 1 unspecified atom stereocenters. The van der Waals surface area contributed by atoms with Crippen molar-refractivity contribution in [2.24, 2.45) is 0 Å². The van der Waals surface area contributed by atoms with Crippen molar-refractivity contribution in [3.63, 3.8) is 0 Å². The van der Waals surface area contributed by atoms with E-state index in [1.165, 1.54) is 6.92 Å². The Morgan fingerprint density at radius 1 is 1.19 bits per heavy atom. The van der Waals surface area contributed by atoms with E-state index in [1.54, 1.807) is 13.0 Å². The minimum absolute atomic E-state index is 0.0172. The normalized spacial score (nSPS) is 16.8. The lowest BCUT2D eigenvalue weighted by molar-refractivity contribution is -0.142. The van der Waals surface area contributed by atoms with Gasteiger partial charge in [0.25, 0.3) is 0 Å². The van der Waals surface area contributed by atoms with Crippen LogP contribution < -0.4 is 4.74 Å². The average Bonchev–Trinajstić information content (AvgIpc) is 3.18. The van der Waals surface area contributed by atoms with Gasteiger partial charge in [-0.25, -0.2) is 8.78 Å². The molecule has 1 saturated heterocycles. The van der Waals surface area contributed by atoms with Gasteiger partial charge in [0.2, 0.25) is 0 Å². The molecule has 0 N–H and O–H groups in total. The van der Waals surface area contributed by atoms with Crippen molar-refractivity contribution < 1.29 is 37.0 Å². The molecule has 31 heavy (non-hydrogen) atoms. The minimum Gasteiger partial charge on any atom is -0.485 e. The number of hydrogen-bond acceptors (Lipinski definition) is 7. The number of Topliss-reactive ketones (excluding diaryl/α,β-unsaturated/α-hetero) is 1. The first-order chi connectivity index (χ1) is 14.9. The van der Waals surface area contributed by atoms with Gasteiger partial charge in [-0.05, 0) is 24.3 Å². The molecule has 3 rings (SSSR count). The molecule has 0 radical (unpaired) electrons. The second kappa shape index (κ2) is 10.5. The molecule has 1 atom stereocenters. The molecule has 1 fully saturated rings. The molecule has 0 aliphatic carbocycles. The van der Waals surface area contributed by atoms with E-state index in [0.29, 0.717) is 37.8 Å². The molecule has 1 aromatic heterocycles. The van der Waals surface area contributed by atoms with Crippen LogP contribution >= 0.6 is 0 Å². The Morgan fingerprint density at radius 3 is 2.58 bits per heavy atom. The maximum absolute atomic E-state index is 14.2. The van der Waals surface area contributed by atoms with Gasteiger partial charge >= 0.3 is 5.97 Å². The molecule has 0 amide bonds. The quantitative estimate of drug-likeness (QED) is 0.439. The molecule has 2 aromatic rings. The number of esters is 1. The van der Waals surface area contributed by atoms with E-state index in [9.17, 15) is 18.4 Å². The first-order valence-corrected chi connectivity index (χ1v) is 10.1. The summed E-state index contributed by atoms with van der Waals surface area (Å²) in [7, 11) is 0. The molecule has 1 aliphatic heterocycles. The molecule has 0 bridgehead atoms. The van der Waals surface area contributed by atoms with Gasteiger partial charge in [0.1, 0.15) is 30.8 Å². The Labute approximate surface area is 178 Å². The lowest BCUT2D eigenvalue weighted by Crippen LogP contribution is -2.44. The van der Waals surface area contributed by atoms with Crippen LogP contribution in [0, 0.1) is 11.6 Å². The second-order valence-electron chi connectivity index (χ2n) is 7.23. The Kier molecular flexibility index (Phi) is 7.75. The fraction of sp³-hybridized carbons (Fsp3) is 0.455. The maximum atomic E-state index is 14.2. The minimum atomic E-state index is -0.916. The topological polar surface area (TPSA) is 78.2 Å². The van der Waals surface area contributed by atoms with Gasteiger partial charge in [0, 0.05) is 32.0 Å². The summed E-state index contributed by atoms with van der Waals surface area (Å²) in [5, 5.41) is 0. The third-order valence-corrected chi connectivity index (χ3v) is 4.79. The summed E-state index contributed by atoms with van der Waals surface area (Å²) in [6.07, 6.45) is -0.230. The smallest absolute Gasteiger partial charge is 0.303 e. The zero-order chi connectivity index (χ0) is 22.4. The SMILES string of the molecule is CCC(=O)c1cc(F)c(OCC2CN(Cc3ccc(COC(C)=O)o3)CCO2)c(F)c1. The van der Waals surface area contributed by atoms with Crippen molar-refractivity contribution in [1.82, 2.24) is 4.90 Å². The number of benzene rings is 1. The number of morpholine rings is 1. The van der Waals surface area contributed by atoms with Crippen LogP contribution in [0.5, 0.6) is 5.75 Å². The van der Waals surface area contributed by atoms with Crippen LogP contribution in [0.2, 0.25) is 0 Å². The summed E-state index contributed by atoms with van der Waals surface area (Å²) in [4.78, 5) is 24.6. The molecule has 168 valence electrons. The van der Waals surface area contributed by atoms with Crippen LogP contribution in [-0.2, 0) is 27.4 Å². The Morgan fingerprint density at radius 2 is 1.90 bits per heavy atom. The van der Waals surface area contributed by atoms with E-state index in [1.807, 2.05) is 6.07 Å². The predicted octanol–water partition coefficient (Wildman–Crippen LogP) is 3.49. The molecule has 0 spiro atoms. The van der Waals surface area contributed by atoms with Crippen molar-refractivity contribution in [3.8, 4) is 5.75 Å². The number of nitrogens with zero attached hydrogens (tertiary/aromatic N) is 1. The third-order valence-electron chi connectivity index (χ3n) is 4.79. The van der Waals surface area contributed by atoms with E-state index in [2.05, 4.69) is 4.90 Å². The largest absolute Gasteiger partial charge is 0.485 e. The lowest BCUT2D eigenvalue weighted by atomic mass is 10.1. The lowest BCUT2D eigenvalue weighted by Gasteiger charge is -2.32. The molecule has 7 nitrogen and oxygen atoms in total. The molecule has 0 saturated carbocycles. The highest BCUT2D eigenvalue weighted by Gasteiger charge is 2.24. The first kappa shape index (κ1) is 22.9. The van der Waals surface area contributed by atoms with Gasteiger partial charge in [-0.15, -0.1) is 0 Å². The van der Waals surface area contributed by atoms with E-state index < -0.39 is 17.4 Å². The van der Waals surface area contributed by atoms with Crippen molar-refractivity contribution in [1.29, 1.82) is 0 Å². The Hall–Kier alpha value is -2.78. The van der Waals surface area contributed by atoms with Gasteiger partial charge in [0.15, 0.2) is 23.2 Å². The van der Waals surface area contributed by atoms with Crippen LogP contribution in [0.4, 0.5) is 8.78 Å². The number of ketones is 1. The number of halogens is 2. The number of ether oxygens (including phenoxy) is 3. The van der Waals surface area contributed by atoms with Crippen LogP contribution in [-0.4, -0.2) is 49.1 Å². The van der Waals surface area contributed by atoms with E-state index in [0.717, 1.165) is 12.1 Å². The highest BCUT2D eigenvalue weighted by Crippen LogP contribution is 2.25. The van der Waals surface area contributed by atoms with Crippen LogP contribution in [0.3, 0.4) is 0 Å². The monoisotopic (exact) mass is 437 g/mol. The standard InChI is InChI=1S/C22H25F2NO6/c1-3-21(27)15-8-19(23)22(20(24)9-15)30-13-18-11-25(6-7-28-18)10-16-4-5-17(31-16)12-29-14(2)26/h4-5,8-9,18H,3,6-7,10-13H2,1-2H3. The Balaban J connectivity index is 1.53. The van der Waals surface area contributed by atoms with E-state index >= 15 is 0 Å². The summed E-state index contributed by atoms with van der Waals surface area (Å²) in [5.41, 5.74) is -0.0172. The third kappa shape index (κ3) is 6.35. The fourth-order valence-electron chi connectivity index (χ4n) is 3.24. The zero-order valence-corrected chi connectivity index (χ0v) is 17.5. The number of rotatable bonds is 9. The summed E-state index contributed by atoms with van der Waals surface area (Å²) in [5.74, 6) is -1.82. The van der Waals surface area contributed by atoms with Crippen LogP contribution in [0.1, 0.15) is 42.1 Å². The number of furan rings is 1. The molecular weight excluding hydrogens is 412 g/mol. The van der Waals surface area contributed by atoms with Crippen LogP contribution in [0.25, 0.3) is 0 Å². The number of carbonyl (C=O) groups is 2. The van der Waals surface area contributed by atoms with E-state index in [-0.39, 0.29) is 43.1 Å². The van der Waals surface area contributed by atoms with Crippen molar-refractivity contribution >= 4 is 11.8 Å². The van der Waals surface area contributed by atoms with Crippen LogP contribution in [0.15, 0.2) is 28.7 Å². The number of hydrogen-bond donors (Lipinski definition) is 0. The second-order valence-corrected chi connectivity index (χ2v) is 7.23. The van der Waals surface area contributed by atoms with Gasteiger partial charge in [-0.3, -0.25) is 14.5 Å². The molecule has 2 heterocycles. The highest BCUT2D eigenvalue weighted by atomic mass is 19.1. The average molecular weight is 437 g/mol. The van der Waals surface area contributed by atoms with Gasteiger partial charge in [-0.1, -0.05) is 6.92 Å². The summed E-state index contributed by atoms with van der Waals surface area (Å²) in [6, 6.07) is 5.53. The van der Waals surface area contributed by atoms with E-state index in [4.69, 9.17) is 18.6 Å². The molecular formula is C22H25F2NO6. The van der Waals surface area contributed by atoms with Crippen molar-refractivity contribution in [2.75, 3.05) is 26.3 Å². The summed E-state index contributed by atoms with van der Waals surface area (Å²) >= 11 is 0. The van der Waals surface area contributed by atoms with Gasteiger partial charge in [-0.2, -0.15) is 0 Å². The van der Waals surface area contributed by atoms with Gasteiger partial charge in [0.05, 0.1) is 13.2 Å². The van der Waals surface area contributed by atoms with Crippen molar-refractivity contribution in [2.45, 2.75) is 39.5 Å². The predicted molar refractivity (Wildman–Crippen MR) is 106 cm³/mol. The zero-order valence-electron chi connectivity index (χ0n) is 17.5. The van der Waals surface area contributed by atoms with Gasteiger partial charge < -0.3 is 18.6 Å². The molecule has 9 heteroatoms. The molecule has 1 aliphatic rings. The fourth-order valence-corrected chi connectivity index (χ4v) is 3.24. The summed E-state index contributed by atoms with van der Waals surface area (Å²) < 4.78 is 50.0.